The van der Waals surface area contributed by atoms with E-state index in [1.807, 2.05) is 0 Å². The fraction of sp³-hybridized carbons (Fsp3) is 0.444. The topological polar surface area (TPSA) is 64.3 Å². The number of rotatable bonds is 1. The molecular weight excluding hydrogens is 288 g/mol. The van der Waals surface area contributed by atoms with Crippen molar-refractivity contribution >= 4 is 11.5 Å². The SMILES string of the molecule is CC1(C)Cc2c(cccc2N2CCOCC2)-c2ncnc(N)c21. The Bertz CT molecular complexity index is 751. The fourth-order valence-corrected chi connectivity index (χ4v) is 3.88. The molecule has 0 radical (unpaired) electrons. The van der Waals surface area contributed by atoms with E-state index >= 15 is 0 Å². The third kappa shape index (κ3) is 2.27. The Kier molecular flexibility index (Phi) is 3.27. The van der Waals surface area contributed by atoms with Crippen molar-refractivity contribution in [2.24, 2.45) is 0 Å². The molecule has 1 aliphatic carbocycles. The summed E-state index contributed by atoms with van der Waals surface area (Å²) >= 11 is 0. The maximum absolute atomic E-state index is 6.18. The molecule has 0 bridgehead atoms. The number of ether oxygens (including phenoxy) is 1. The van der Waals surface area contributed by atoms with Crippen LogP contribution in [0.15, 0.2) is 24.5 Å². The van der Waals surface area contributed by atoms with Crippen LogP contribution in [0.5, 0.6) is 0 Å². The number of nitrogen functional groups attached to an aromatic ring is 1. The number of hydrogen-bond acceptors (Lipinski definition) is 5. The summed E-state index contributed by atoms with van der Waals surface area (Å²) in [6, 6.07) is 6.49. The van der Waals surface area contributed by atoms with E-state index in [1.54, 1.807) is 6.33 Å². The second kappa shape index (κ2) is 5.20. The summed E-state index contributed by atoms with van der Waals surface area (Å²) < 4.78 is 5.50. The van der Waals surface area contributed by atoms with Crippen molar-refractivity contribution in [1.29, 1.82) is 0 Å². The van der Waals surface area contributed by atoms with Crippen LogP contribution in [0.25, 0.3) is 11.3 Å². The zero-order valence-electron chi connectivity index (χ0n) is 13.7. The normalized spacial score (nSPS) is 19.1. The number of morpholine rings is 1. The number of aromatic nitrogens is 2. The van der Waals surface area contributed by atoms with Gasteiger partial charge in [0.15, 0.2) is 0 Å². The van der Waals surface area contributed by atoms with E-state index in [1.165, 1.54) is 16.8 Å². The molecule has 1 saturated heterocycles. The van der Waals surface area contributed by atoms with Crippen LogP contribution >= 0.6 is 0 Å². The minimum atomic E-state index is -0.0733. The summed E-state index contributed by atoms with van der Waals surface area (Å²) in [4.78, 5) is 11.2. The van der Waals surface area contributed by atoms with Gasteiger partial charge in [0.25, 0.3) is 0 Å². The molecule has 0 unspecified atom stereocenters. The number of hydrogen-bond donors (Lipinski definition) is 1. The molecule has 5 heteroatoms. The smallest absolute Gasteiger partial charge is 0.131 e. The van der Waals surface area contributed by atoms with E-state index in [2.05, 4.69) is 46.9 Å². The van der Waals surface area contributed by atoms with Crippen molar-refractivity contribution in [1.82, 2.24) is 9.97 Å². The van der Waals surface area contributed by atoms with Gasteiger partial charge >= 0.3 is 0 Å². The molecule has 0 spiro atoms. The Labute approximate surface area is 136 Å². The zero-order valence-corrected chi connectivity index (χ0v) is 13.7. The zero-order chi connectivity index (χ0) is 16.0. The fourth-order valence-electron chi connectivity index (χ4n) is 3.88. The van der Waals surface area contributed by atoms with Gasteiger partial charge in [-0.05, 0) is 23.5 Å². The molecule has 0 amide bonds. The number of anilines is 2. The van der Waals surface area contributed by atoms with Crippen LogP contribution in [-0.4, -0.2) is 36.3 Å². The summed E-state index contributed by atoms with van der Waals surface area (Å²) in [5, 5.41) is 0. The van der Waals surface area contributed by atoms with Crippen LogP contribution in [-0.2, 0) is 16.6 Å². The van der Waals surface area contributed by atoms with Gasteiger partial charge in [0.05, 0.1) is 18.9 Å². The summed E-state index contributed by atoms with van der Waals surface area (Å²) in [6.45, 7) is 7.91. The van der Waals surface area contributed by atoms with E-state index in [9.17, 15) is 0 Å². The number of benzene rings is 1. The maximum atomic E-state index is 6.18. The van der Waals surface area contributed by atoms with Crippen molar-refractivity contribution in [3.8, 4) is 11.3 Å². The van der Waals surface area contributed by atoms with E-state index in [0.717, 1.165) is 44.0 Å². The first-order chi connectivity index (χ1) is 11.1. The van der Waals surface area contributed by atoms with Gasteiger partial charge in [0.1, 0.15) is 12.1 Å². The molecule has 1 fully saturated rings. The highest BCUT2D eigenvalue weighted by molar-refractivity contribution is 5.80. The minimum Gasteiger partial charge on any atom is -0.383 e. The van der Waals surface area contributed by atoms with Gasteiger partial charge < -0.3 is 15.4 Å². The predicted octanol–water partition coefficient (Wildman–Crippen LogP) is 2.40. The van der Waals surface area contributed by atoms with Crippen LogP contribution in [0.2, 0.25) is 0 Å². The van der Waals surface area contributed by atoms with Gasteiger partial charge in [0.2, 0.25) is 0 Å². The molecule has 2 aromatic rings. The lowest BCUT2D eigenvalue weighted by Crippen LogP contribution is -2.38. The third-order valence-electron chi connectivity index (χ3n) is 4.93. The standard InChI is InChI=1S/C18H22N4O/c1-18(2)10-13-12(16-15(18)17(19)21-11-20-16)4-3-5-14(13)22-6-8-23-9-7-22/h3-5,11H,6-10H2,1-2H3,(H2,19,20,21). The van der Waals surface area contributed by atoms with Crippen LogP contribution in [0.3, 0.4) is 0 Å². The van der Waals surface area contributed by atoms with E-state index in [4.69, 9.17) is 10.5 Å². The second-order valence-corrected chi connectivity index (χ2v) is 6.95. The molecule has 4 rings (SSSR count). The van der Waals surface area contributed by atoms with Crippen LogP contribution in [0.4, 0.5) is 11.5 Å². The average molecular weight is 310 g/mol. The van der Waals surface area contributed by atoms with Gasteiger partial charge in [-0.25, -0.2) is 9.97 Å². The van der Waals surface area contributed by atoms with Crippen molar-refractivity contribution in [3.05, 3.63) is 35.7 Å². The van der Waals surface area contributed by atoms with Gasteiger partial charge in [-0.3, -0.25) is 0 Å². The lowest BCUT2D eigenvalue weighted by molar-refractivity contribution is 0.122. The van der Waals surface area contributed by atoms with E-state index < -0.39 is 0 Å². The molecule has 1 aliphatic heterocycles. The number of fused-ring (bicyclic) bond motifs is 3. The number of nitrogens with two attached hydrogens (primary N) is 1. The van der Waals surface area contributed by atoms with Crippen molar-refractivity contribution in [2.75, 3.05) is 36.9 Å². The Morgan fingerprint density at radius 1 is 1.17 bits per heavy atom. The Hall–Kier alpha value is -2.14. The molecule has 0 atom stereocenters. The summed E-state index contributed by atoms with van der Waals surface area (Å²) in [5.74, 6) is 0.599. The molecule has 0 saturated carbocycles. The quantitative estimate of drug-likeness (QED) is 0.876. The molecule has 2 heterocycles. The molecule has 23 heavy (non-hydrogen) atoms. The molecule has 120 valence electrons. The largest absolute Gasteiger partial charge is 0.383 e. The van der Waals surface area contributed by atoms with Gasteiger partial charge in [0, 0.05) is 29.9 Å². The third-order valence-corrected chi connectivity index (χ3v) is 4.93. The van der Waals surface area contributed by atoms with Crippen molar-refractivity contribution in [2.45, 2.75) is 25.7 Å². The van der Waals surface area contributed by atoms with Gasteiger partial charge in [-0.15, -0.1) is 0 Å². The summed E-state index contributed by atoms with van der Waals surface area (Å²) in [6.07, 6.45) is 2.52. The number of nitrogens with zero attached hydrogens (tertiary/aromatic N) is 3. The van der Waals surface area contributed by atoms with E-state index in [0.29, 0.717) is 5.82 Å². The maximum Gasteiger partial charge on any atom is 0.131 e. The Morgan fingerprint density at radius 3 is 2.74 bits per heavy atom. The lowest BCUT2D eigenvalue weighted by Gasteiger charge is -2.38. The minimum absolute atomic E-state index is 0.0733. The predicted molar refractivity (Wildman–Crippen MR) is 91.6 cm³/mol. The highest BCUT2D eigenvalue weighted by atomic mass is 16.5. The lowest BCUT2D eigenvalue weighted by atomic mass is 9.71. The van der Waals surface area contributed by atoms with E-state index in [-0.39, 0.29) is 5.41 Å². The highest BCUT2D eigenvalue weighted by Gasteiger charge is 2.36. The van der Waals surface area contributed by atoms with Crippen LogP contribution in [0, 0.1) is 0 Å². The van der Waals surface area contributed by atoms with Crippen LogP contribution < -0.4 is 10.6 Å². The molecule has 2 aliphatic rings. The molecule has 1 aromatic carbocycles. The van der Waals surface area contributed by atoms with Gasteiger partial charge in [-0.2, -0.15) is 0 Å². The Balaban J connectivity index is 1.91. The first-order valence-electron chi connectivity index (χ1n) is 8.14. The van der Waals surface area contributed by atoms with Crippen LogP contribution in [0.1, 0.15) is 25.0 Å². The van der Waals surface area contributed by atoms with Gasteiger partial charge in [-0.1, -0.05) is 26.0 Å². The highest BCUT2D eigenvalue weighted by Crippen LogP contribution is 2.46. The second-order valence-electron chi connectivity index (χ2n) is 6.95. The molecule has 5 nitrogen and oxygen atoms in total. The molecule has 2 N–H and O–H groups in total. The molecular formula is C18H22N4O. The summed E-state index contributed by atoms with van der Waals surface area (Å²) in [5.41, 5.74) is 12.0. The van der Waals surface area contributed by atoms with Crippen molar-refractivity contribution < 1.29 is 4.74 Å². The Morgan fingerprint density at radius 2 is 1.96 bits per heavy atom. The van der Waals surface area contributed by atoms with Crippen molar-refractivity contribution in [3.63, 3.8) is 0 Å². The monoisotopic (exact) mass is 310 g/mol. The summed E-state index contributed by atoms with van der Waals surface area (Å²) in [7, 11) is 0. The average Bonchev–Trinajstić information content (AvgIpc) is 2.54. The molecule has 1 aromatic heterocycles. The first kappa shape index (κ1) is 14.5. The first-order valence-corrected chi connectivity index (χ1v) is 8.14.